The highest BCUT2D eigenvalue weighted by Gasteiger charge is 2.03. The summed E-state index contributed by atoms with van der Waals surface area (Å²) < 4.78 is 0. The standard InChI is InChI=1S/C10H12N4O2/c11-10(13-15)4-2-7-1-3-9-8(5-7)6-12-14(9)16/h1,3,5-6,15-16H,2,4H2,(H2,11,13). The molecule has 2 aromatic rings. The van der Waals surface area contributed by atoms with Crippen LogP contribution in [0.3, 0.4) is 0 Å². The summed E-state index contributed by atoms with van der Waals surface area (Å²) in [5, 5.41) is 25.2. The topological polar surface area (TPSA) is 96.7 Å². The van der Waals surface area contributed by atoms with E-state index >= 15 is 0 Å². The van der Waals surface area contributed by atoms with Gasteiger partial charge in [-0.05, 0) is 24.1 Å². The minimum Gasteiger partial charge on any atom is -0.411 e. The largest absolute Gasteiger partial charge is 0.411 e. The summed E-state index contributed by atoms with van der Waals surface area (Å²) in [5.41, 5.74) is 7.09. The fraction of sp³-hybridized carbons (Fsp3) is 0.200. The van der Waals surface area contributed by atoms with Gasteiger partial charge < -0.3 is 16.1 Å². The molecular formula is C10H12N4O2. The van der Waals surface area contributed by atoms with E-state index in [2.05, 4.69) is 10.3 Å². The van der Waals surface area contributed by atoms with Crippen molar-refractivity contribution in [1.82, 2.24) is 9.94 Å². The number of aromatic nitrogens is 2. The summed E-state index contributed by atoms with van der Waals surface area (Å²) in [6.45, 7) is 0. The second-order valence-electron chi connectivity index (χ2n) is 3.52. The molecule has 0 radical (unpaired) electrons. The third-order valence-electron chi connectivity index (χ3n) is 2.41. The summed E-state index contributed by atoms with van der Waals surface area (Å²) in [4.78, 5) is 0.836. The van der Waals surface area contributed by atoms with Gasteiger partial charge in [0.1, 0.15) is 11.4 Å². The molecule has 0 aliphatic carbocycles. The molecule has 1 aromatic carbocycles. The molecular weight excluding hydrogens is 208 g/mol. The van der Waals surface area contributed by atoms with Crippen LogP contribution < -0.4 is 5.73 Å². The molecule has 84 valence electrons. The number of fused-ring (bicyclic) bond motifs is 1. The Morgan fingerprint density at radius 2 is 2.31 bits per heavy atom. The van der Waals surface area contributed by atoms with Gasteiger partial charge in [-0.15, -0.1) is 9.94 Å². The summed E-state index contributed by atoms with van der Waals surface area (Å²) in [6, 6.07) is 5.57. The van der Waals surface area contributed by atoms with Crippen molar-refractivity contribution in [3.63, 3.8) is 0 Å². The first-order valence-electron chi connectivity index (χ1n) is 4.83. The summed E-state index contributed by atoms with van der Waals surface area (Å²) in [7, 11) is 0. The van der Waals surface area contributed by atoms with Gasteiger partial charge in [0.2, 0.25) is 0 Å². The van der Waals surface area contributed by atoms with Crippen molar-refractivity contribution in [3.05, 3.63) is 30.0 Å². The Morgan fingerprint density at radius 3 is 3.06 bits per heavy atom. The lowest BCUT2D eigenvalue weighted by molar-refractivity contribution is 0.161. The first-order chi connectivity index (χ1) is 7.70. The van der Waals surface area contributed by atoms with E-state index in [1.807, 2.05) is 12.1 Å². The number of hydrogen-bond donors (Lipinski definition) is 3. The van der Waals surface area contributed by atoms with Gasteiger partial charge in [-0.2, -0.15) is 0 Å². The quantitative estimate of drug-likeness (QED) is 0.236. The predicted molar refractivity (Wildman–Crippen MR) is 58.6 cm³/mol. The van der Waals surface area contributed by atoms with E-state index in [4.69, 9.17) is 10.9 Å². The lowest BCUT2D eigenvalue weighted by Gasteiger charge is -2.00. The van der Waals surface area contributed by atoms with Crippen molar-refractivity contribution in [2.24, 2.45) is 10.9 Å². The van der Waals surface area contributed by atoms with E-state index in [-0.39, 0.29) is 5.84 Å². The van der Waals surface area contributed by atoms with Crippen LogP contribution in [0.25, 0.3) is 10.9 Å². The zero-order valence-corrected chi connectivity index (χ0v) is 8.54. The highest BCUT2D eigenvalue weighted by atomic mass is 16.5. The van der Waals surface area contributed by atoms with Crippen LogP contribution in [0.5, 0.6) is 0 Å². The number of rotatable bonds is 3. The van der Waals surface area contributed by atoms with Crippen LogP contribution in [0.1, 0.15) is 12.0 Å². The number of oxime groups is 1. The molecule has 0 atom stereocenters. The van der Waals surface area contributed by atoms with Crippen molar-refractivity contribution in [1.29, 1.82) is 0 Å². The van der Waals surface area contributed by atoms with E-state index in [0.29, 0.717) is 18.4 Å². The Labute approximate surface area is 91.5 Å². The van der Waals surface area contributed by atoms with E-state index in [9.17, 15) is 5.21 Å². The lowest BCUT2D eigenvalue weighted by atomic mass is 10.1. The molecule has 4 N–H and O–H groups in total. The molecule has 1 heterocycles. The molecule has 0 aliphatic heterocycles. The molecule has 0 fully saturated rings. The number of benzene rings is 1. The summed E-state index contributed by atoms with van der Waals surface area (Å²) in [5.74, 6) is 0.206. The van der Waals surface area contributed by atoms with E-state index in [1.165, 1.54) is 0 Å². The highest BCUT2D eigenvalue weighted by molar-refractivity contribution is 5.81. The molecule has 0 saturated heterocycles. The Balaban J connectivity index is 2.20. The fourth-order valence-electron chi connectivity index (χ4n) is 1.55. The Morgan fingerprint density at radius 1 is 1.50 bits per heavy atom. The second-order valence-corrected chi connectivity index (χ2v) is 3.52. The maximum absolute atomic E-state index is 9.29. The van der Waals surface area contributed by atoms with E-state index < -0.39 is 0 Å². The molecule has 0 bridgehead atoms. The smallest absolute Gasteiger partial charge is 0.139 e. The zero-order valence-electron chi connectivity index (χ0n) is 8.54. The van der Waals surface area contributed by atoms with Crippen LogP contribution in [0.2, 0.25) is 0 Å². The van der Waals surface area contributed by atoms with Crippen LogP contribution in [-0.4, -0.2) is 26.2 Å². The first kappa shape index (κ1) is 10.3. The number of hydrogen-bond acceptors (Lipinski definition) is 4. The van der Waals surface area contributed by atoms with E-state index in [0.717, 1.165) is 15.8 Å². The van der Waals surface area contributed by atoms with Crippen LogP contribution in [0.4, 0.5) is 0 Å². The van der Waals surface area contributed by atoms with Gasteiger partial charge in [0, 0.05) is 11.8 Å². The molecule has 6 nitrogen and oxygen atoms in total. The molecule has 0 aliphatic rings. The molecule has 16 heavy (non-hydrogen) atoms. The van der Waals surface area contributed by atoms with Crippen LogP contribution in [-0.2, 0) is 6.42 Å². The summed E-state index contributed by atoms with van der Waals surface area (Å²) >= 11 is 0. The van der Waals surface area contributed by atoms with Crippen molar-refractivity contribution in [3.8, 4) is 0 Å². The number of nitrogens with two attached hydrogens (primary N) is 1. The van der Waals surface area contributed by atoms with Crippen molar-refractivity contribution in [2.75, 3.05) is 0 Å². The van der Waals surface area contributed by atoms with Crippen LogP contribution >= 0.6 is 0 Å². The summed E-state index contributed by atoms with van der Waals surface area (Å²) in [6.07, 6.45) is 2.76. The Hall–Kier alpha value is -2.24. The maximum Gasteiger partial charge on any atom is 0.139 e. The van der Waals surface area contributed by atoms with Crippen LogP contribution in [0, 0.1) is 0 Å². The number of amidine groups is 1. The molecule has 6 heteroatoms. The van der Waals surface area contributed by atoms with Gasteiger partial charge in [0.15, 0.2) is 0 Å². The zero-order chi connectivity index (χ0) is 11.5. The van der Waals surface area contributed by atoms with Gasteiger partial charge in [0.05, 0.1) is 6.20 Å². The van der Waals surface area contributed by atoms with Gasteiger partial charge in [-0.25, -0.2) is 0 Å². The van der Waals surface area contributed by atoms with Crippen LogP contribution in [0.15, 0.2) is 29.6 Å². The predicted octanol–water partition coefficient (Wildman–Crippen LogP) is 0.953. The molecule has 0 amide bonds. The van der Waals surface area contributed by atoms with E-state index in [1.54, 1.807) is 12.3 Å². The minimum absolute atomic E-state index is 0.206. The molecule has 0 saturated carbocycles. The van der Waals surface area contributed by atoms with Crippen molar-refractivity contribution in [2.45, 2.75) is 12.8 Å². The normalized spacial score (nSPS) is 12.1. The van der Waals surface area contributed by atoms with Gasteiger partial charge in [-0.3, -0.25) is 0 Å². The third-order valence-corrected chi connectivity index (χ3v) is 2.41. The Kier molecular flexibility index (Phi) is 2.63. The average molecular weight is 220 g/mol. The molecule has 0 spiro atoms. The third kappa shape index (κ3) is 1.90. The highest BCUT2D eigenvalue weighted by Crippen LogP contribution is 2.15. The van der Waals surface area contributed by atoms with Gasteiger partial charge in [-0.1, -0.05) is 11.2 Å². The first-order valence-corrected chi connectivity index (χ1v) is 4.83. The minimum atomic E-state index is 0.206. The second kappa shape index (κ2) is 4.09. The van der Waals surface area contributed by atoms with Crippen molar-refractivity contribution < 1.29 is 10.4 Å². The van der Waals surface area contributed by atoms with Crippen molar-refractivity contribution >= 4 is 16.7 Å². The average Bonchev–Trinajstić information content (AvgIpc) is 2.67. The molecule has 0 unspecified atom stereocenters. The lowest BCUT2D eigenvalue weighted by Crippen LogP contribution is -2.12. The molecule has 1 aromatic heterocycles. The maximum atomic E-state index is 9.29. The monoisotopic (exact) mass is 220 g/mol. The Bertz CT molecular complexity index is 533. The van der Waals surface area contributed by atoms with Gasteiger partial charge in [0.25, 0.3) is 0 Å². The number of nitrogens with zero attached hydrogens (tertiary/aromatic N) is 3. The molecule has 2 rings (SSSR count). The fourth-order valence-corrected chi connectivity index (χ4v) is 1.55. The number of aryl methyl sites for hydroxylation is 1. The van der Waals surface area contributed by atoms with Gasteiger partial charge >= 0.3 is 0 Å². The SMILES string of the molecule is N/C(CCc1ccc2c(cnn2O)c1)=N\O.